The summed E-state index contributed by atoms with van der Waals surface area (Å²) in [6.45, 7) is 2.23. The number of allylic oxidation sites excluding steroid dienone is 1. The quantitative estimate of drug-likeness (QED) is 0.445. The van der Waals surface area contributed by atoms with Crippen molar-refractivity contribution in [2.75, 3.05) is 0 Å². The molecule has 0 atom stereocenters. The molecule has 4 saturated carbocycles. The van der Waals surface area contributed by atoms with E-state index >= 15 is 0 Å². The molecule has 0 N–H and O–H groups in total. The Morgan fingerprint density at radius 3 is 2.14 bits per heavy atom. The summed E-state index contributed by atoms with van der Waals surface area (Å²) in [5.41, 5.74) is 9.67. The van der Waals surface area contributed by atoms with E-state index in [0.29, 0.717) is 5.41 Å². The third-order valence-electron chi connectivity index (χ3n) is 8.40. The third kappa shape index (κ3) is 3.56. The van der Waals surface area contributed by atoms with Crippen LogP contribution in [0.5, 0.6) is 0 Å². The fraction of sp³-hybridized carbons (Fsp3) is 0.500. The molecule has 148 valence electrons. The second kappa shape index (κ2) is 7.64. The van der Waals surface area contributed by atoms with Crippen molar-refractivity contribution in [1.29, 1.82) is 0 Å². The maximum Gasteiger partial charge on any atom is 0 e. The van der Waals surface area contributed by atoms with Crippen LogP contribution in [0.25, 0.3) is 17.2 Å². The number of hydrogen-bond acceptors (Lipinski definition) is 0. The van der Waals surface area contributed by atoms with Gasteiger partial charge < -0.3 is 0 Å². The van der Waals surface area contributed by atoms with Crippen LogP contribution < -0.4 is 0 Å². The van der Waals surface area contributed by atoms with Gasteiger partial charge >= 0.3 is 0 Å². The summed E-state index contributed by atoms with van der Waals surface area (Å²) in [5.74, 6) is 3.18. The van der Waals surface area contributed by atoms with Crippen molar-refractivity contribution in [1.82, 2.24) is 0 Å². The van der Waals surface area contributed by atoms with Crippen molar-refractivity contribution in [3.63, 3.8) is 0 Å². The first-order valence-corrected chi connectivity index (χ1v) is 11.6. The van der Waals surface area contributed by atoms with Crippen LogP contribution in [0.4, 0.5) is 0 Å². The Hall–Kier alpha value is -0.937. The number of benzene rings is 2. The molecule has 5 aliphatic rings. The summed E-state index contributed by atoms with van der Waals surface area (Å²) in [5, 5.41) is 0. The summed E-state index contributed by atoms with van der Waals surface area (Å²) < 4.78 is 0. The van der Waals surface area contributed by atoms with Gasteiger partial charge in [0.2, 0.25) is 0 Å². The molecule has 4 fully saturated rings. The largest absolute Gasteiger partial charge is 0.0646 e. The summed E-state index contributed by atoms with van der Waals surface area (Å²) in [4.78, 5) is 0. The van der Waals surface area contributed by atoms with Gasteiger partial charge in [0.1, 0.15) is 0 Å². The summed E-state index contributed by atoms with van der Waals surface area (Å²) >= 11 is 0. The van der Waals surface area contributed by atoms with Crippen LogP contribution in [0.15, 0.2) is 48.0 Å². The molecule has 0 aliphatic heterocycles. The molecule has 1 heteroatoms. The van der Waals surface area contributed by atoms with Crippen molar-refractivity contribution < 1.29 is 26.2 Å². The Balaban J connectivity index is 0.00000181. The van der Waals surface area contributed by atoms with E-state index in [1.54, 1.807) is 30.4 Å². The molecule has 0 aromatic heterocycles. The van der Waals surface area contributed by atoms with Crippen LogP contribution in [0.3, 0.4) is 0 Å². The van der Waals surface area contributed by atoms with Crippen molar-refractivity contribution in [3.05, 3.63) is 64.7 Å². The Kier molecular flexibility index (Phi) is 5.27. The molecular formula is C28H32Zr. The number of fused-ring (bicyclic) bond motifs is 1. The zero-order valence-corrected chi connectivity index (χ0v) is 20.2. The first-order chi connectivity index (χ1) is 13.7. The van der Waals surface area contributed by atoms with E-state index in [1.165, 1.54) is 54.4 Å². The van der Waals surface area contributed by atoms with Crippen LogP contribution >= 0.6 is 0 Å². The van der Waals surface area contributed by atoms with E-state index in [9.17, 15) is 0 Å². The van der Waals surface area contributed by atoms with Gasteiger partial charge in [0.15, 0.2) is 0 Å². The summed E-state index contributed by atoms with van der Waals surface area (Å²) in [7, 11) is 0. The SMILES string of the molecule is CCc1ccc(-c2cccc3c2C=C(CC24CC5CC(CC(C5)C2)C4)C3)cc1.[Zr]. The molecule has 0 heterocycles. The fourth-order valence-corrected chi connectivity index (χ4v) is 7.71. The molecule has 4 bridgehead atoms. The molecule has 0 amide bonds. The third-order valence-corrected chi connectivity index (χ3v) is 8.40. The molecule has 5 aliphatic carbocycles. The minimum atomic E-state index is 0. The molecule has 7 rings (SSSR count). The molecule has 0 radical (unpaired) electrons. The van der Waals surface area contributed by atoms with Gasteiger partial charge in [0, 0.05) is 26.2 Å². The van der Waals surface area contributed by atoms with Gasteiger partial charge in [-0.15, -0.1) is 0 Å². The minimum absolute atomic E-state index is 0. The van der Waals surface area contributed by atoms with Gasteiger partial charge in [-0.3, -0.25) is 0 Å². The molecular weight excluding hydrogens is 428 g/mol. The minimum Gasteiger partial charge on any atom is -0.0646 e. The van der Waals surface area contributed by atoms with E-state index in [1.807, 2.05) is 0 Å². The molecule has 2 aromatic carbocycles. The van der Waals surface area contributed by atoms with Crippen LogP contribution in [0.2, 0.25) is 0 Å². The zero-order chi connectivity index (χ0) is 18.7. The first kappa shape index (κ1) is 20.0. The maximum atomic E-state index is 2.58. The van der Waals surface area contributed by atoms with Gasteiger partial charge in [-0.2, -0.15) is 0 Å². The average molecular weight is 460 g/mol. The molecule has 0 saturated heterocycles. The average Bonchev–Trinajstić information content (AvgIpc) is 3.08. The normalized spacial score (nSPS) is 31.3. The van der Waals surface area contributed by atoms with Crippen molar-refractivity contribution in [2.24, 2.45) is 23.2 Å². The van der Waals surface area contributed by atoms with Gasteiger partial charge in [0.25, 0.3) is 0 Å². The fourth-order valence-electron chi connectivity index (χ4n) is 7.71. The van der Waals surface area contributed by atoms with Crippen LogP contribution in [0, 0.1) is 23.2 Å². The molecule has 0 unspecified atom stereocenters. The molecule has 0 spiro atoms. The van der Waals surface area contributed by atoms with E-state index < -0.39 is 0 Å². The zero-order valence-electron chi connectivity index (χ0n) is 17.7. The van der Waals surface area contributed by atoms with Gasteiger partial charge in [-0.1, -0.05) is 61.0 Å². The topological polar surface area (TPSA) is 0 Å². The second-order valence-corrected chi connectivity index (χ2v) is 10.5. The van der Waals surface area contributed by atoms with Gasteiger partial charge in [-0.05, 0) is 109 Å². The molecule has 29 heavy (non-hydrogen) atoms. The number of rotatable bonds is 4. The molecule has 2 aromatic rings. The predicted octanol–water partition coefficient (Wildman–Crippen LogP) is 7.46. The number of hydrogen-bond donors (Lipinski definition) is 0. The molecule has 0 nitrogen and oxygen atoms in total. The Labute approximate surface area is 195 Å². The predicted molar refractivity (Wildman–Crippen MR) is 118 cm³/mol. The Morgan fingerprint density at radius 2 is 1.52 bits per heavy atom. The Morgan fingerprint density at radius 1 is 0.862 bits per heavy atom. The van der Waals surface area contributed by atoms with E-state index in [-0.39, 0.29) is 26.2 Å². The van der Waals surface area contributed by atoms with Crippen LogP contribution in [-0.2, 0) is 39.0 Å². The van der Waals surface area contributed by atoms with Crippen molar-refractivity contribution in [3.8, 4) is 11.1 Å². The van der Waals surface area contributed by atoms with Crippen LogP contribution in [0.1, 0.15) is 68.6 Å². The second-order valence-electron chi connectivity index (χ2n) is 10.5. The van der Waals surface area contributed by atoms with Crippen molar-refractivity contribution >= 4 is 6.08 Å². The monoisotopic (exact) mass is 458 g/mol. The van der Waals surface area contributed by atoms with E-state index in [4.69, 9.17) is 0 Å². The summed E-state index contributed by atoms with van der Waals surface area (Å²) in [6.07, 6.45) is 15.5. The number of aryl methyl sites for hydroxylation is 1. The van der Waals surface area contributed by atoms with E-state index in [0.717, 1.165) is 24.2 Å². The van der Waals surface area contributed by atoms with E-state index in [2.05, 4.69) is 55.5 Å². The first-order valence-electron chi connectivity index (χ1n) is 11.6. The van der Waals surface area contributed by atoms with Gasteiger partial charge in [0.05, 0.1) is 0 Å². The standard InChI is InChI=1S/C28H32.Zr/c1-2-19-6-8-24(9-7-19)26-5-3-4-25-13-23(14-27(25)26)18-28-15-20-10-21(16-28)12-22(11-20)17-28;/h3-9,14,20-22H,2,10-13,15-18H2,1H3;. The van der Waals surface area contributed by atoms with Crippen LogP contribution in [-0.4, -0.2) is 0 Å². The smallest absolute Gasteiger partial charge is 0 e. The maximum absolute atomic E-state index is 2.58. The Bertz CT molecular complexity index is 898. The summed E-state index contributed by atoms with van der Waals surface area (Å²) in [6, 6.07) is 16.2. The van der Waals surface area contributed by atoms with Crippen molar-refractivity contribution in [2.45, 2.75) is 64.7 Å². The van der Waals surface area contributed by atoms with Gasteiger partial charge in [-0.25, -0.2) is 0 Å².